The van der Waals surface area contributed by atoms with E-state index in [-0.39, 0.29) is 17.9 Å². The maximum atomic E-state index is 13.7. The highest BCUT2D eigenvalue weighted by atomic mass is 16.4. The van der Waals surface area contributed by atoms with E-state index in [0.717, 1.165) is 28.5 Å². The predicted octanol–water partition coefficient (Wildman–Crippen LogP) is 5.00. The van der Waals surface area contributed by atoms with Gasteiger partial charge in [0.25, 0.3) is 0 Å². The van der Waals surface area contributed by atoms with E-state index in [9.17, 15) is 14.7 Å². The fourth-order valence-electron chi connectivity index (χ4n) is 4.61. The lowest BCUT2D eigenvalue weighted by molar-refractivity contribution is -0.131. The number of anilines is 2. The van der Waals surface area contributed by atoms with Crippen LogP contribution >= 0.6 is 0 Å². The van der Waals surface area contributed by atoms with Crippen LogP contribution in [0.5, 0.6) is 0 Å². The average molecular weight is 500 g/mol. The number of hydrogen-bond acceptors (Lipinski definition) is 5. The number of nitrogens with zero attached hydrogens (tertiary/aromatic N) is 3. The average Bonchev–Trinajstić information content (AvgIpc) is 2.91. The standard InChI is InChI=1S/C30H33N3O4/c1-32(2)26-12-8-24(9-13-26)23-6-3-22(4-7-23)20-33(30(37)25-10-14-27(34)15-11-25)28-19-21(17-18-31-28)5-16-29(35)36/h3-9,12-13,16-19,25,27,34H,10-11,14-15,20H2,1-2H3,(H,35,36)/b16-5+. The normalized spacial score (nSPS) is 17.5. The molecule has 0 bridgehead atoms. The van der Waals surface area contributed by atoms with Crippen molar-refractivity contribution in [2.45, 2.75) is 38.3 Å². The van der Waals surface area contributed by atoms with Gasteiger partial charge >= 0.3 is 5.97 Å². The predicted molar refractivity (Wildman–Crippen MR) is 146 cm³/mol. The summed E-state index contributed by atoms with van der Waals surface area (Å²) in [4.78, 5) is 32.8. The van der Waals surface area contributed by atoms with Gasteiger partial charge < -0.3 is 15.1 Å². The van der Waals surface area contributed by atoms with Crippen LogP contribution in [0, 0.1) is 5.92 Å². The molecule has 1 fully saturated rings. The van der Waals surface area contributed by atoms with Crippen LogP contribution in [0.25, 0.3) is 17.2 Å². The highest BCUT2D eigenvalue weighted by Crippen LogP contribution is 2.29. The summed E-state index contributed by atoms with van der Waals surface area (Å²) in [5.41, 5.74) is 4.96. The van der Waals surface area contributed by atoms with Gasteiger partial charge in [-0.15, -0.1) is 0 Å². The molecule has 0 saturated heterocycles. The van der Waals surface area contributed by atoms with Crippen molar-refractivity contribution in [2.24, 2.45) is 5.92 Å². The van der Waals surface area contributed by atoms with Crippen LogP contribution in [-0.4, -0.2) is 47.3 Å². The monoisotopic (exact) mass is 499 g/mol. The Morgan fingerprint density at radius 3 is 2.16 bits per heavy atom. The number of aliphatic hydroxyl groups is 1. The van der Waals surface area contributed by atoms with Gasteiger partial charge in [-0.1, -0.05) is 36.4 Å². The van der Waals surface area contributed by atoms with E-state index in [1.807, 2.05) is 26.2 Å². The van der Waals surface area contributed by atoms with Crippen LogP contribution < -0.4 is 9.80 Å². The van der Waals surface area contributed by atoms with Crippen LogP contribution in [-0.2, 0) is 16.1 Å². The summed E-state index contributed by atoms with van der Waals surface area (Å²) in [6.07, 6.45) is 6.29. The minimum absolute atomic E-state index is 0.0258. The lowest BCUT2D eigenvalue weighted by Gasteiger charge is -2.30. The van der Waals surface area contributed by atoms with Crippen molar-refractivity contribution in [3.05, 3.63) is 84.1 Å². The Hall–Kier alpha value is -3.97. The summed E-state index contributed by atoms with van der Waals surface area (Å²) < 4.78 is 0. The molecule has 1 saturated carbocycles. The second kappa shape index (κ2) is 11.8. The minimum atomic E-state index is -1.04. The van der Waals surface area contributed by atoms with E-state index >= 15 is 0 Å². The number of hydrogen-bond donors (Lipinski definition) is 2. The number of carbonyl (C=O) groups is 2. The van der Waals surface area contributed by atoms with Gasteiger partial charge in [0, 0.05) is 38.0 Å². The summed E-state index contributed by atoms with van der Waals surface area (Å²) in [7, 11) is 4.03. The molecule has 0 radical (unpaired) electrons. The lowest BCUT2D eigenvalue weighted by atomic mass is 9.86. The molecule has 1 amide bonds. The number of carboxylic acids is 1. The molecule has 0 aliphatic heterocycles. The third-order valence-electron chi connectivity index (χ3n) is 6.79. The summed E-state index contributed by atoms with van der Waals surface area (Å²) in [5.74, 6) is -0.768. The molecule has 1 aliphatic rings. The van der Waals surface area contributed by atoms with Crippen molar-refractivity contribution < 1.29 is 19.8 Å². The first-order valence-electron chi connectivity index (χ1n) is 12.5. The highest BCUT2D eigenvalue weighted by molar-refractivity contribution is 5.94. The zero-order valence-electron chi connectivity index (χ0n) is 21.2. The van der Waals surface area contributed by atoms with Gasteiger partial charge in [-0.05, 0) is 78.3 Å². The Morgan fingerprint density at radius 1 is 0.946 bits per heavy atom. The van der Waals surface area contributed by atoms with Gasteiger partial charge in [-0.25, -0.2) is 9.78 Å². The van der Waals surface area contributed by atoms with Crippen LogP contribution in [0.3, 0.4) is 0 Å². The summed E-state index contributed by atoms with van der Waals surface area (Å²) in [5, 5.41) is 18.9. The second-order valence-corrected chi connectivity index (χ2v) is 9.69. The van der Waals surface area contributed by atoms with Gasteiger partial charge in [-0.3, -0.25) is 9.69 Å². The van der Waals surface area contributed by atoms with Crippen LogP contribution in [0.2, 0.25) is 0 Å². The molecule has 4 rings (SSSR count). The van der Waals surface area contributed by atoms with Gasteiger partial charge in [0.1, 0.15) is 5.82 Å². The maximum absolute atomic E-state index is 13.7. The molecular weight excluding hydrogens is 466 g/mol. The van der Waals surface area contributed by atoms with Crippen molar-refractivity contribution in [3.8, 4) is 11.1 Å². The molecule has 0 spiro atoms. The summed E-state index contributed by atoms with van der Waals surface area (Å²) >= 11 is 0. The number of carbonyl (C=O) groups excluding carboxylic acids is 1. The molecule has 1 aliphatic carbocycles. The smallest absolute Gasteiger partial charge is 0.328 e. The number of pyridine rings is 1. The van der Waals surface area contributed by atoms with Crippen LogP contribution in [0.4, 0.5) is 11.5 Å². The summed E-state index contributed by atoms with van der Waals surface area (Å²) in [6.45, 7) is 0.344. The fraction of sp³-hybridized carbons (Fsp3) is 0.300. The molecule has 0 atom stereocenters. The molecule has 2 aromatic carbocycles. The molecule has 192 valence electrons. The van der Waals surface area contributed by atoms with E-state index in [1.54, 1.807) is 23.2 Å². The molecule has 7 heteroatoms. The van der Waals surface area contributed by atoms with Gasteiger partial charge in [-0.2, -0.15) is 0 Å². The van der Waals surface area contributed by atoms with Gasteiger partial charge in [0.2, 0.25) is 5.91 Å². The van der Waals surface area contributed by atoms with Crippen LogP contribution in [0.15, 0.2) is 72.9 Å². The number of aliphatic hydroxyl groups excluding tert-OH is 1. The third kappa shape index (κ3) is 6.83. The van der Waals surface area contributed by atoms with Crippen molar-refractivity contribution in [1.29, 1.82) is 0 Å². The minimum Gasteiger partial charge on any atom is -0.478 e. The Balaban J connectivity index is 1.59. The van der Waals surface area contributed by atoms with Crippen molar-refractivity contribution >= 4 is 29.5 Å². The molecular formula is C30H33N3O4. The third-order valence-corrected chi connectivity index (χ3v) is 6.79. The van der Waals surface area contributed by atoms with Crippen LogP contribution in [0.1, 0.15) is 36.8 Å². The molecule has 1 heterocycles. The first-order chi connectivity index (χ1) is 17.8. The first kappa shape index (κ1) is 26.1. The molecule has 3 aromatic rings. The van der Waals surface area contributed by atoms with Gasteiger partial charge in [0.05, 0.1) is 12.6 Å². The quantitative estimate of drug-likeness (QED) is 0.424. The van der Waals surface area contributed by atoms with E-state index < -0.39 is 5.97 Å². The number of aliphatic carboxylic acids is 1. The zero-order chi connectivity index (χ0) is 26.4. The van der Waals surface area contributed by atoms with Crippen molar-refractivity contribution in [3.63, 3.8) is 0 Å². The number of aromatic nitrogens is 1. The molecule has 7 nitrogen and oxygen atoms in total. The molecule has 2 N–H and O–H groups in total. The van der Waals surface area contributed by atoms with E-state index in [0.29, 0.717) is 43.6 Å². The first-order valence-corrected chi connectivity index (χ1v) is 12.5. The second-order valence-electron chi connectivity index (χ2n) is 9.69. The Labute approximate surface area is 217 Å². The number of carboxylic acid groups (broad SMARTS) is 1. The fourth-order valence-corrected chi connectivity index (χ4v) is 4.61. The Bertz CT molecular complexity index is 1240. The van der Waals surface area contributed by atoms with E-state index in [4.69, 9.17) is 5.11 Å². The SMILES string of the molecule is CN(C)c1ccc(-c2ccc(CN(C(=O)C3CCC(O)CC3)c3cc(/C=C/C(=O)O)ccn3)cc2)cc1. The largest absolute Gasteiger partial charge is 0.478 e. The Kier molecular flexibility index (Phi) is 8.36. The van der Waals surface area contributed by atoms with Gasteiger partial charge in [0.15, 0.2) is 0 Å². The number of rotatable bonds is 8. The summed E-state index contributed by atoms with van der Waals surface area (Å²) in [6, 6.07) is 20.0. The molecule has 1 aromatic heterocycles. The molecule has 37 heavy (non-hydrogen) atoms. The maximum Gasteiger partial charge on any atom is 0.328 e. The highest BCUT2D eigenvalue weighted by Gasteiger charge is 2.30. The molecule has 0 unspecified atom stereocenters. The number of benzene rings is 2. The van der Waals surface area contributed by atoms with E-state index in [2.05, 4.69) is 46.3 Å². The van der Waals surface area contributed by atoms with Crippen molar-refractivity contribution in [2.75, 3.05) is 23.9 Å². The Morgan fingerprint density at radius 2 is 1.57 bits per heavy atom. The van der Waals surface area contributed by atoms with E-state index in [1.165, 1.54) is 6.08 Å². The van der Waals surface area contributed by atoms with Crippen molar-refractivity contribution in [1.82, 2.24) is 4.98 Å². The zero-order valence-corrected chi connectivity index (χ0v) is 21.2. The lowest BCUT2D eigenvalue weighted by Crippen LogP contribution is -2.38. The number of amides is 1. The topological polar surface area (TPSA) is 94.0 Å².